The number of rotatable bonds is 7. The van der Waals surface area contributed by atoms with Crippen LogP contribution in [-0.4, -0.2) is 61.8 Å². The van der Waals surface area contributed by atoms with Crippen LogP contribution >= 0.6 is 0 Å². The van der Waals surface area contributed by atoms with Crippen molar-refractivity contribution in [2.45, 2.75) is 46.1 Å². The van der Waals surface area contributed by atoms with E-state index in [1.165, 1.54) is 45.7 Å². The van der Waals surface area contributed by atoms with Gasteiger partial charge in [0.2, 0.25) is 0 Å². The van der Waals surface area contributed by atoms with Gasteiger partial charge in [-0.05, 0) is 39.2 Å². The molecule has 0 bridgehead atoms. The van der Waals surface area contributed by atoms with Crippen LogP contribution in [0.3, 0.4) is 0 Å². The SMILES string of the molecule is COC(C)(C)CCN1CCN(CCC(C)C)CC1. The van der Waals surface area contributed by atoms with Crippen molar-refractivity contribution in [2.24, 2.45) is 5.92 Å². The molecule has 0 aromatic carbocycles. The molecule has 1 aliphatic heterocycles. The van der Waals surface area contributed by atoms with E-state index in [0.29, 0.717) is 0 Å². The first kappa shape index (κ1) is 15.9. The van der Waals surface area contributed by atoms with Crippen molar-refractivity contribution in [1.29, 1.82) is 0 Å². The van der Waals surface area contributed by atoms with E-state index in [2.05, 4.69) is 37.5 Å². The van der Waals surface area contributed by atoms with Crippen molar-refractivity contribution in [3.05, 3.63) is 0 Å². The Morgan fingerprint density at radius 2 is 1.50 bits per heavy atom. The first-order valence-electron chi connectivity index (χ1n) is 7.43. The summed E-state index contributed by atoms with van der Waals surface area (Å²) in [6, 6.07) is 0. The van der Waals surface area contributed by atoms with E-state index in [4.69, 9.17) is 4.74 Å². The standard InChI is InChI=1S/C15H32N2O/c1-14(2)6-8-16-10-12-17(13-11-16)9-7-15(3,4)18-5/h14H,6-13H2,1-5H3. The molecule has 0 saturated carbocycles. The van der Waals surface area contributed by atoms with E-state index in [1.807, 2.05) is 7.11 Å². The molecule has 1 aliphatic rings. The molecule has 0 atom stereocenters. The van der Waals surface area contributed by atoms with Gasteiger partial charge in [-0.25, -0.2) is 0 Å². The Labute approximate surface area is 113 Å². The minimum absolute atomic E-state index is 0.0226. The number of ether oxygens (including phenoxy) is 1. The summed E-state index contributed by atoms with van der Waals surface area (Å²) in [5, 5.41) is 0. The Morgan fingerprint density at radius 3 is 1.94 bits per heavy atom. The van der Waals surface area contributed by atoms with Crippen LogP contribution < -0.4 is 0 Å². The first-order chi connectivity index (χ1) is 8.43. The van der Waals surface area contributed by atoms with Gasteiger partial charge in [0, 0.05) is 39.8 Å². The summed E-state index contributed by atoms with van der Waals surface area (Å²) in [4.78, 5) is 5.19. The third kappa shape index (κ3) is 6.17. The van der Waals surface area contributed by atoms with E-state index >= 15 is 0 Å². The summed E-state index contributed by atoms with van der Waals surface area (Å²) < 4.78 is 5.48. The molecule has 0 aromatic heterocycles. The summed E-state index contributed by atoms with van der Waals surface area (Å²) in [7, 11) is 1.81. The molecule has 0 unspecified atom stereocenters. The van der Waals surface area contributed by atoms with Crippen molar-refractivity contribution in [2.75, 3.05) is 46.4 Å². The molecule has 0 N–H and O–H groups in total. The van der Waals surface area contributed by atoms with Gasteiger partial charge in [-0.2, -0.15) is 0 Å². The van der Waals surface area contributed by atoms with Gasteiger partial charge < -0.3 is 14.5 Å². The molecule has 0 radical (unpaired) electrons. The average molecular weight is 256 g/mol. The molecule has 18 heavy (non-hydrogen) atoms. The number of hydrogen-bond acceptors (Lipinski definition) is 3. The predicted molar refractivity (Wildman–Crippen MR) is 78.0 cm³/mol. The summed E-state index contributed by atoms with van der Waals surface area (Å²) in [5.74, 6) is 0.825. The Hall–Kier alpha value is -0.120. The predicted octanol–water partition coefficient (Wildman–Crippen LogP) is 2.47. The zero-order valence-corrected chi connectivity index (χ0v) is 13.0. The second-order valence-electron chi connectivity index (χ2n) is 6.58. The molecule has 1 rings (SSSR count). The summed E-state index contributed by atoms with van der Waals surface area (Å²) >= 11 is 0. The van der Waals surface area contributed by atoms with Crippen LogP contribution in [0, 0.1) is 5.92 Å². The van der Waals surface area contributed by atoms with Gasteiger partial charge >= 0.3 is 0 Å². The van der Waals surface area contributed by atoms with Crippen LogP contribution in [0.5, 0.6) is 0 Å². The van der Waals surface area contributed by atoms with Crippen molar-refractivity contribution < 1.29 is 4.74 Å². The maximum absolute atomic E-state index is 5.48. The lowest BCUT2D eigenvalue weighted by molar-refractivity contribution is 0.00321. The highest BCUT2D eigenvalue weighted by Gasteiger charge is 2.21. The molecule has 0 aromatic rings. The lowest BCUT2D eigenvalue weighted by Gasteiger charge is -2.36. The molecule has 1 heterocycles. The zero-order chi connectivity index (χ0) is 13.6. The summed E-state index contributed by atoms with van der Waals surface area (Å²) in [6.45, 7) is 16.3. The maximum Gasteiger partial charge on any atom is 0.0634 e. The largest absolute Gasteiger partial charge is 0.379 e. The maximum atomic E-state index is 5.48. The molecule has 1 saturated heterocycles. The molecule has 1 fully saturated rings. The van der Waals surface area contributed by atoms with E-state index in [-0.39, 0.29) is 5.60 Å². The van der Waals surface area contributed by atoms with Gasteiger partial charge in [-0.15, -0.1) is 0 Å². The van der Waals surface area contributed by atoms with Gasteiger partial charge in [0.25, 0.3) is 0 Å². The lowest BCUT2D eigenvalue weighted by atomic mass is 10.0. The molecule has 0 amide bonds. The fraction of sp³-hybridized carbons (Fsp3) is 1.00. The van der Waals surface area contributed by atoms with Crippen LogP contribution in [0.25, 0.3) is 0 Å². The molecular formula is C15H32N2O. The third-order valence-corrected chi connectivity index (χ3v) is 4.07. The van der Waals surface area contributed by atoms with Crippen LogP contribution in [0.2, 0.25) is 0 Å². The van der Waals surface area contributed by atoms with Crippen molar-refractivity contribution in [1.82, 2.24) is 9.80 Å². The van der Waals surface area contributed by atoms with E-state index < -0.39 is 0 Å². The summed E-state index contributed by atoms with van der Waals surface area (Å²) in [6.07, 6.45) is 2.45. The Morgan fingerprint density at radius 1 is 1.00 bits per heavy atom. The molecule has 0 spiro atoms. The molecular weight excluding hydrogens is 224 g/mol. The minimum atomic E-state index is 0.0226. The Kier molecular flexibility index (Phi) is 6.61. The van der Waals surface area contributed by atoms with E-state index in [9.17, 15) is 0 Å². The lowest BCUT2D eigenvalue weighted by Crippen LogP contribution is -2.47. The van der Waals surface area contributed by atoms with Gasteiger partial charge in [0.15, 0.2) is 0 Å². The van der Waals surface area contributed by atoms with Crippen molar-refractivity contribution in [3.8, 4) is 0 Å². The Balaban J connectivity index is 2.15. The van der Waals surface area contributed by atoms with Crippen LogP contribution in [0.4, 0.5) is 0 Å². The quantitative estimate of drug-likeness (QED) is 0.696. The fourth-order valence-electron chi connectivity index (χ4n) is 2.21. The van der Waals surface area contributed by atoms with Crippen LogP contribution in [-0.2, 0) is 4.74 Å². The first-order valence-corrected chi connectivity index (χ1v) is 7.43. The van der Waals surface area contributed by atoms with Crippen molar-refractivity contribution in [3.63, 3.8) is 0 Å². The van der Waals surface area contributed by atoms with Gasteiger partial charge in [-0.3, -0.25) is 0 Å². The fourth-order valence-corrected chi connectivity index (χ4v) is 2.21. The monoisotopic (exact) mass is 256 g/mol. The molecule has 3 heteroatoms. The number of hydrogen-bond donors (Lipinski definition) is 0. The van der Waals surface area contributed by atoms with Gasteiger partial charge in [0.1, 0.15) is 0 Å². The topological polar surface area (TPSA) is 15.7 Å². The highest BCUT2D eigenvalue weighted by molar-refractivity contribution is 4.76. The highest BCUT2D eigenvalue weighted by Crippen LogP contribution is 2.14. The molecule has 108 valence electrons. The smallest absolute Gasteiger partial charge is 0.0634 e. The minimum Gasteiger partial charge on any atom is -0.379 e. The van der Waals surface area contributed by atoms with Crippen molar-refractivity contribution >= 4 is 0 Å². The summed E-state index contributed by atoms with van der Waals surface area (Å²) in [5.41, 5.74) is 0.0226. The average Bonchev–Trinajstić information content (AvgIpc) is 2.35. The second-order valence-corrected chi connectivity index (χ2v) is 6.58. The number of nitrogens with zero attached hydrogens (tertiary/aromatic N) is 2. The molecule has 0 aliphatic carbocycles. The van der Waals surface area contributed by atoms with E-state index in [1.54, 1.807) is 0 Å². The highest BCUT2D eigenvalue weighted by atomic mass is 16.5. The number of methoxy groups -OCH3 is 1. The third-order valence-electron chi connectivity index (χ3n) is 4.07. The normalized spacial score (nSPS) is 19.7. The molecule has 3 nitrogen and oxygen atoms in total. The van der Waals surface area contributed by atoms with Gasteiger partial charge in [0.05, 0.1) is 5.60 Å². The number of piperazine rings is 1. The zero-order valence-electron chi connectivity index (χ0n) is 13.0. The van der Waals surface area contributed by atoms with Gasteiger partial charge in [-0.1, -0.05) is 13.8 Å². The Bertz CT molecular complexity index is 221. The van der Waals surface area contributed by atoms with E-state index in [0.717, 1.165) is 12.3 Å². The van der Waals surface area contributed by atoms with Crippen LogP contribution in [0.1, 0.15) is 40.5 Å². The second kappa shape index (κ2) is 7.46. The van der Waals surface area contributed by atoms with Crippen LogP contribution in [0.15, 0.2) is 0 Å².